The summed E-state index contributed by atoms with van der Waals surface area (Å²) in [5, 5.41) is 0. The van der Waals surface area contributed by atoms with Crippen LogP contribution < -0.4 is 23.7 Å². The van der Waals surface area contributed by atoms with E-state index >= 15 is 0 Å². The molecule has 0 unspecified atom stereocenters. The van der Waals surface area contributed by atoms with E-state index in [1.807, 2.05) is 0 Å². The minimum atomic E-state index is 0.404. The first-order valence-electron chi connectivity index (χ1n) is 4.79. The molecule has 0 spiro atoms. The number of methoxy groups -OCH3 is 5. The van der Waals surface area contributed by atoms with Crippen LogP contribution in [0.15, 0.2) is 4.90 Å². The second-order valence-corrected chi connectivity index (χ2v) is 3.46. The predicted molar refractivity (Wildman–Crippen MR) is 66.5 cm³/mol. The summed E-state index contributed by atoms with van der Waals surface area (Å²) < 4.78 is 26.2. The number of hydrogen-bond acceptors (Lipinski definition) is 6. The Morgan fingerprint density at radius 3 is 1.00 bits per heavy atom. The van der Waals surface area contributed by atoms with Crippen molar-refractivity contribution in [3.63, 3.8) is 0 Å². The Bertz CT molecular complexity index is 372. The SMILES string of the molecule is COc1c(S)c(OC)c(OC)c(OC)c1OC. The Morgan fingerprint density at radius 1 is 0.529 bits per heavy atom. The fourth-order valence-corrected chi connectivity index (χ4v) is 1.95. The van der Waals surface area contributed by atoms with Crippen molar-refractivity contribution < 1.29 is 23.7 Å². The maximum atomic E-state index is 5.25. The van der Waals surface area contributed by atoms with Gasteiger partial charge in [0.2, 0.25) is 17.2 Å². The van der Waals surface area contributed by atoms with Crippen LogP contribution in [0.1, 0.15) is 0 Å². The molecule has 0 aromatic heterocycles. The van der Waals surface area contributed by atoms with Crippen LogP contribution in [0.3, 0.4) is 0 Å². The second kappa shape index (κ2) is 5.77. The number of thiol groups is 1. The maximum absolute atomic E-state index is 5.25. The second-order valence-electron chi connectivity index (χ2n) is 3.01. The summed E-state index contributed by atoms with van der Waals surface area (Å²) in [5.41, 5.74) is 0. The summed E-state index contributed by atoms with van der Waals surface area (Å²) >= 11 is 4.34. The largest absolute Gasteiger partial charge is 0.492 e. The van der Waals surface area contributed by atoms with Crippen LogP contribution in [-0.2, 0) is 0 Å². The molecule has 0 aliphatic carbocycles. The van der Waals surface area contributed by atoms with Gasteiger partial charge in [0.25, 0.3) is 0 Å². The molecule has 0 aliphatic rings. The molecule has 0 N–H and O–H groups in total. The average Bonchev–Trinajstić information content (AvgIpc) is 2.36. The maximum Gasteiger partial charge on any atom is 0.211 e. The van der Waals surface area contributed by atoms with Crippen LogP contribution in [-0.4, -0.2) is 35.5 Å². The van der Waals surface area contributed by atoms with Crippen molar-refractivity contribution in [3.8, 4) is 28.7 Å². The molecule has 1 aromatic rings. The highest BCUT2D eigenvalue weighted by Gasteiger charge is 2.26. The van der Waals surface area contributed by atoms with Crippen LogP contribution >= 0.6 is 12.6 Å². The highest BCUT2D eigenvalue weighted by atomic mass is 32.1. The highest BCUT2D eigenvalue weighted by Crippen LogP contribution is 2.54. The van der Waals surface area contributed by atoms with Gasteiger partial charge in [0.15, 0.2) is 11.5 Å². The van der Waals surface area contributed by atoms with Crippen molar-refractivity contribution in [1.29, 1.82) is 0 Å². The van der Waals surface area contributed by atoms with Crippen LogP contribution in [0.2, 0.25) is 0 Å². The normalized spacial score (nSPS) is 9.76. The average molecular weight is 260 g/mol. The van der Waals surface area contributed by atoms with Crippen LogP contribution in [0, 0.1) is 0 Å². The lowest BCUT2D eigenvalue weighted by Gasteiger charge is -2.19. The first-order valence-corrected chi connectivity index (χ1v) is 5.23. The lowest BCUT2D eigenvalue weighted by atomic mass is 10.2. The van der Waals surface area contributed by atoms with E-state index < -0.39 is 0 Å². The van der Waals surface area contributed by atoms with Crippen molar-refractivity contribution in [2.75, 3.05) is 35.5 Å². The van der Waals surface area contributed by atoms with Gasteiger partial charge >= 0.3 is 0 Å². The Kier molecular flexibility index (Phi) is 4.62. The van der Waals surface area contributed by atoms with Gasteiger partial charge < -0.3 is 23.7 Å². The van der Waals surface area contributed by atoms with E-state index in [0.717, 1.165) is 0 Å². The van der Waals surface area contributed by atoms with Crippen molar-refractivity contribution in [2.24, 2.45) is 0 Å². The van der Waals surface area contributed by atoms with Crippen molar-refractivity contribution in [3.05, 3.63) is 0 Å². The topological polar surface area (TPSA) is 46.2 Å². The molecule has 1 rings (SSSR count). The van der Waals surface area contributed by atoms with Crippen molar-refractivity contribution in [1.82, 2.24) is 0 Å². The number of rotatable bonds is 5. The van der Waals surface area contributed by atoms with Gasteiger partial charge in [-0.25, -0.2) is 0 Å². The summed E-state index contributed by atoms with van der Waals surface area (Å²) in [5.74, 6) is 2.10. The van der Waals surface area contributed by atoms with E-state index in [0.29, 0.717) is 33.6 Å². The van der Waals surface area contributed by atoms with Gasteiger partial charge in [0.1, 0.15) is 0 Å². The summed E-state index contributed by atoms with van der Waals surface area (Å²) in [6, 6.07) is 0. The summed E-state index contributed by atoms with van der Waals surface area (Å²) in [4.78, 5) is 0.490. The van der Waals surface area contributed by atoms with E-state index in [-0.39, 0.29) is 0 Å². The third-order valence-electron chi connectivity index (χ3n) is 2.28. The zero-order valence-corrected chi connectivity index (χ0v) is 11.4. The Labute approximate surface area is 106 Å². The fraction of sp³-hybridized carbons (Fsp3) is 0.455. The molecule has 0 aliphatic heterocycles. The lowest BCUT2D eigenvalue weighted by Crippen LogP contribution is -2.01. The number of benzene rings is 1. The molecule has 96 valence electrons. The van der Waals surface area contributed by atoms with Gasteiger partial charge in [-0.3, -0.25) is 0 Å². The molecule has 0 radical (unpaired) electrons. The molecular formula is C11H16O5S. The zero-order valence-electron chi connectivity index (χ0n) is 10.5. The van der Waals surface area contributed by atoms with Gasteiger partial charge in [-0.1, -0.05) is 0 Å². The standard InChI is InChI=1S/C11H16O5S/c1-12-6-7(13-2)9(15-4)11(17)10(16-5)8(6)14-3/h17H,1-5H3. The third kappa shape index (κ3) is 2.17. The third-order valence-corrected chi connectivity index (χ3v) is 2.68. The summed E-state index contributed by atoms with van der Waals surface area (Å²) in [6.45, 7) is 0. The molecule has 1 aromatic carbocycles. The van der Waals surface area contributed by atoms with Gasteiger partial charge in [0, 0.05) is 0 Å². The van der Waals surface area contributed by atoms with Crippen LogP contribution in [0.25, 0.3) is 0 Å². The minimum Gasteiger partial charge on any atom is -0.492 e. The minimum absolute atomic E-state index is 0.404. The quantitative estimate of drug-likeness (QED) is 0.821. The molecule has 0 heterocycles. The highest BCUT2D eigenvalue weighted by molar-refractivity contribution is 7.80. The Morgan fingerprint density at radius 2 is 0.765 bits per heavy atom. The smallest absolute Gasteiger partial charge is 0.211 e. The van der Waals surface area contributed by atoms with Crippen LogP contribution in [0.4, 0.5) is 0 Å². The summed E-state index contributed by atoms with van der Waals surface area (Å²) in [7, 11) is 7.57. The molecule has 17 heavy (non-hydrogen) atoms. The predicted octanol–water partition coefficient (Wildman–Crippen LogP) is 2.02. The molecule has 0 saturated carbocycles. The first-order chi connectivity index (χ1) is 8.15. The van der Waals surface area contributed by atoms with Gasteiger partial charge in [-0.15, -0.1) is 12.6 Å². The van der Waals surface area contributed by atoms with E-state index in [9.17, 15) is 0 Å². The number of hydrogen-bond donors (Lipinski definition) is 1. The van der Waals surface area contributed by atoms with E-state index in [1.54, 1.807) is 0 Å². The Balaban J connectivity index is 3.66. The first kappa shape index (κ1) is 13.6. The number of ether oxygens (including phenoxy) is 5. The zero-order chi connectivity index (χ0) is 13.0. The van der Waals surface area contributed by atoms with Gasteiger partial charge in [0.05, 0.1) is 40.4 Å². The molecule has 6 heteroatoms. The lowest BCUT2D eigenvalue weighted by molar-refractivity contribution is 0.283. The Hall–Kier alpha value is -1.43. The van der Waals surface area contributed by atoms with E-state index in [2.05, 4.69) is 12.6 Å². The molecular weight excluding hydrogens is 244 g/mol. The van der Waals surface area contributed by atoms with E-state index in [4.69, 9.17) is 23.7 Å². The molecule has 0 bridgehead atoms. The van der Waals surface area contributed by atoms with E-state index in [1.165, 1.54) is 35.5 Å². The summed E-state index contributed by atoms with van der Waals surface area (Å²) in [6.07, 6.45) is 0. The molecule has 0 amide bonds. The molecule has 0 fully saturated rings. The monoisotopic (exact) mass is 260 g/mol. The molecule has 5 nitrogen and oxygen atoms in total. The molecule has 0 saturated heterocycles. The molecule has 0 atom stereocenters. The van der Waals surface area contributed by atoms with Crippen molar-refractivity contribution >= 4 is 12.6 Å². The van der Waals surface area contributed by atoms with Crippen LogP contribution in [0.5, 0.6) is 28.7 Å². The fourth-order valence-electron chi connectivity index (χ4n) is 1.56. The van der Waals surface area contributed by atoms with Gasteiger partial charge in [-0.2, -0.15) is 0 Å². The van der Waals surface area contributed by atoms with Gasteiger partial charge in [-0.05, 0) is 0 Å². The van der Waals surface area contributed by atoms with Crippen molar-refractivity contribution in [2.45, 2.75) is 4.90 Å².